The Morgan fingerprint density at radius 1 is 0.955 bits per heavy atom. The lowest BCUT2D eigenvalue weighted by atomic mass is 10.2. The van der Waals surface area contributed by atoms with Crippen LogP contribution in [0, 0.1) is 0 Å². The van der Waals surface area contributed by atoms with Gasteiger partial charge in [-0.15, -0.1) is 0 Å². The van der Waals surface area contributed by atoms with Crippen molar-refractivity contribution in [3.8, 4) is 0 Å². The van der Waals surface area contributed by atoms with E-state index < -0.39 is 0 Å². The quantitative estimate of drug-likeness (QED) is 0.525. The van der Waals surface area contributed by atoms with E-state index in [2.05, 4.69) is 46.9 Å². The van der Waals surface area contributed by atoms with Crippen LogP contribution in [0.5, 0.6) is 0 Å². The first-order valence-electron chi connectivity index (χ1n) is 7.20. The molecule has 0 atom stereocenters. The molecule has 22 heavy (non-hydrogen) atoms. The normalized spacial score (nSPS) is 11.3. The van der Waals surface area contributed by atoms with Gasteiger partial charge in [0, 0.05) is 18.2 Å². The zero-order valence-electron chi connectivity index (χ0n) is 12.2. The van der Waals surface area contributed by atoms with Crippen LogP contribution in [0.15, 0.2) is 66.0 Å². The predicted molar refractivity (Wildman–Crippen MR) is 92.0 cm³/mol. The van der Waals surface area contributed by atoms with Crippen LogP contribution in [0.25, 0.3) is 21.9 Å². The second-order valence-corrected chi connectivity index (χ2v) is 6.18. The summed E-state index contributed by atoms with van der Waals surface area (Å²) in [6.45, 7) is 0. The van der Waals surface area contributed by atoms with Crippen molar-refractivity contribution in [2.45, 2.75) is 10.9 Å². The van der Waals surface area contributed by atoms with E-state index in [0.717, 1.165) is 32.8 Å². The highest BCUT2D eigenvalue weighted by Crippen LogP contribution is 2.29. The molecule has 0 saturated carbocycles. The monoisotopic (exact) mass is 305 g/mol. The van der Waals surface area contributed by atoms with E-state index in [4.69, 9.17) is 4.98 Å². The van der Waals surface area contributed by atoms with E-state index in [9.17, 15) is 0 Å². The maximum Gasteiger partial charge on any atom is 0.169 e. The van der Waals surface area contributed by atoms with Crippen LogP contribution in [0.4, 0.5) is 0 Å². The number of nitrogens with zero attached hydrogens (tertiary/aromatic N) is 3. The molecule has 0 aliphatic carbocycles. The molecule has 0 N–H and O–H groups in total. The third-order valence-electron chi connectivity index (χ3n) is 3.78. The molecule has 0 unspecified atom stereocenters. The molecular weight excluding hydrogens is 290 g/mol. The van der Waals surface area contributed by atoms with Crippen molar-refractivity contribution in [2.75, 3.05) is 0 Å². The van der Waals surface area contributed by atoms with Gasteiger partial charge in [0.1, 0.15) is 5.52 Å². The van der Waals surface area contributed by atoms with Gasteiger partial charge in [-0.3, -0.25) is 4.98 Å². The molecule has 4 heteroatoms. The third kappa shape index (κ3) is 2.25. The van der Waals surface area contributed by atoms with Crippen LogP contribution >= 0.6 is 11.8 Å². The summed E-state index contributed by atoms with van der Waals surface area (Å²) in [5.74, 6) is 0.920. The minimum absolute atomic E-state index is 0.920. The number of imidazole rings is 1. The summed E-state index contributed by atoms with van der Waals surface area (Å²) in [6, 6.07) is 18.7. The second-order valence-electron chi connectivity index (χ2n) is 5.24. The Morgan fingerprint density at radius 2 is 1.73 bits per heavy atom. The van der Waals surface area contributed by atoms with Gasteiger partial charge in [-0.05, 0) is 11.6 Å². The Hall–Kier alpha value is -2.33. The van der Waals surface area contributed by atoms with Crippen molar-refractivity contribution in [3.63, 3.8) is 0 Å². The molecular formula is C18H15N3S. The van der Waals surface area contributed by atoms with Crippen LogP contribution < -0.4 is 0 Å². The summed E-state index contributed by atoms with van der Waals surface area (Å²) in [5, 5.41) is 2.18. The second kappa shape index (κ2) is 5.46. The van der Waals surface area contributed by atoms with Gasteiger partial charge in [-0.25, -0.2) is 4.98 Å². The number of hydrogen-bond donors (Lipinski definition) is 0. The van der Waals surface area contributed by atoms with Crippen molar-refractivity contribution >= 4 is 33.7 Å². The SMILES string of the molecule is Cn1c(SCc2ccccc2)nc2cnc3ccccc3c21. The third-order valence-corrected chi connectivity index (χ3v) is 4.88. The topological polar surface area (TPSA) is 30.7 Å². The molecule has 0 bridgehead atoms. The number of thioether (sulfide) groups is 1. The van der Waals surface area contributed by atoms with Gasteiger partial charge in [0.15, 0.2) is 5.16 Å². The van der Waals surface area contributed by atoms with Gasteiger partial charge in [-0.2, -0.15) is 0 Å². The molecule has 4 aromatic rings. The molecule has 108 valence electrons. The van der Waals surface area contributed by atoms with Crippen LogP contribution in [0.2, 0.25) is 0 Å². The average Bonchev–Trinajstić information content (AvgIpc) is 2.90. The molecule has 0 spiro atoms. The molecule has 0 aliphatic rings. The zero-order chi connectivity index (χ0) is 14.9. The molecule has 0 amide bonds. The van der Waals surface area contributed by atoms with Crippen LogP contribution in [-0.2, 0) is 12.8 Å². The van der Waals surface area contributed by atoms with Gasteiger partial charge in [0.2, 0.25) is 0 Å². The van der Waals surface area contributed by atoms with Crippen molar-refractivity contribution in [1.82, 2.24) is 14.5 Å². The summed E-state index contributed by atoms with van der Waals surface area (Å²) in [6.07, 6.45) is 1.87. The maximum atomic E-state index is 4.74. The lowest BCUT2D eigenvalue weighted by molar-refractivity contribution is 0.817. The van der Waals surface area contributed by atoms with E-state index in [-0.39, 0.29) is 0 Å². The number of rotatable bonds is 3. The summed E-state index contributed by atoms with van der Waals surface area (Å²) < 4.78 is 2.17. The standard InChI is InChI=1S/C18H15N3S/c1-21-17-14-9-5-6-10-15(14)19-11-16(17)20-18(21)22-12-13-7-3-2-4-8-13/h2-11H,12H2,1H3. The maximum absolute atomic E-state index is 4.74. The molecule has 0 radical (unpaired) electrons. The number of aromatic nitrogens is 3. The highest BCUT2D eigenvalue weighted by atomic mass is 32.2. The summed E-state index contributed by atoms with van der Waals surface area (Å²) in [5.41, 5.74) is 4.43. The Labute approximate surface area is 133 Å². The summed E-state index contributed by atoms with van der Waals surface area (Å²) in [4.78, 5) is 9.24. The van der Waals surface area contributed by atoms with E-state index >= 15 is 0 Å². The lowest BCUT2D eigenvalue weighted by Gasteiger charge is -2.04. The fourth-order valence-electron chi connectivity index (χ4n) is 2.68. The number of benzene rings is 2. The van der Waals surface area contributed by atoms with Gasteiger partial charge in [0.25, 0.3) is 0 Å². The largest absolute Gasteiger partial charge is 0.321 e. The molecule has 2 heterocycles. The van der Waals surface area contributed by atoms with E-state index in [1.807, 2.05) is 30.5 Å². The van der Waals surface area contributed by atoms with Crippen LogP contribution in [-0.4, -0.2) is 14.5 Å². The van der Waals surface area contributed by atoms with Crippen molar-refractivity contribution in [3.05, 3.63) is 66.4 Å². The van der Waals surface area contributed by atoms with E-state index in [1.54, 1.807) is 11.8 Å². The predicted octanol–water partition coefficient (Wildman–Crippen LogP) is 4.41. The number of aryl methyl sites for hydroxylation is 1. The van der Waals surface area contributed by atoms with Crippen molar-refractivity contribution in [1.29, 1.82) is 0 Å². The van der Waals surface area contributed by atoms with Crippen molar-refractivity contribution < 1.29 is 0 Å². The van der Waals surface area contributed by atoms with E-state index in [0.29, 0.717) is 0 Å². The molecule has 0 fully saturated rings. The Kier molecular flexibility index (Phi) is 3.31. The zero-order valence-corrected chi connectivity index (χ0v) is 13.0. The van der Waals surface area contributed by atoms with Gasteiger partial charge >= 0.3 is 0 Å². The van der Waals surface area contributed by atoms with Crippen molar-refractivity contribution in [2.24, 2.45) is 7.05 Å². The van der Waals surface area contributed by atoms with Gasteiger partial charge in [-0.1, -0.05) is 60.3 Å². The summed E-state index contributed by atoms with van der Waals surface area (Å²) in [7, 11) is 2.08. The molecule has 2 aromatic carbocycles. The number of fused-ring (bicyclic) bond motifs is 3. The highest BCUT2D eigenvalue weighted by molar-refractivity contribution is 7.98. The Balaban J connectivity index is 1.76. The molecule has 0 saturated heterocycles. The summed E-state index contributed by atoms with van der Waals surface area (Å²) >= 11 is 1.76. The number of para-hydroxylation sites is 1. The van der Waals surface area contributed by atoms with Crippen LogP contribution in [0.1, 0.15) is 5.56 Å². The molecule has 0 aliphatic heterocycles. The minimum atomic E-state index is 0.920. The van der Waals surface area contributed by atoms with Gasteiger partial charge in [0.05, 0.1) is 17.2 Å². The smallest absolute Gasteiger partial charge is 0.169 e. The first-order valence-corrected chi connectivity index (χ1v) is 8.18. The van der Waals surface area contributed by atoms with E-state index in [1.165, 1.54) is 5.56 Å². The number of pyridine rings is 1. The van der Waals surface area contributed by atoms with Crippen LogP contribution in [0.3, 0.4) is 0 Å². The lowest BCUT2D eigenvalue weighted by Crippen LogP contribution is -1.92. The first kappa shape index (κ1) is 13.3. The number of hydrogen-bond acceptors (Lipinski definition) is 3. The van der Waals surface area contributed by atoms with Gasteiger partial charge < -0.3 is 4.57 Å². The molecule has 3 nitrogen and oxygen atoms in total. The molecule has 4 rings (SSSR count). The molecule has 2 aromatic heterocycles. The fourth-order valence-corrected chi connectivity index (χ4v) is 3.61. The minimum Gasteiger partial charge on any atom is -0.321 e. The highest BCUT2D eigenvalue weighted by Gasteiger charge is 2.11. The average molecular weight is 305 g/mol. The Bertz CT molecular complexity index is 945. The Morgan fingerprint density at radius 3 is 2.59 bits per heavy atom. The first-order chi connectivity index (χ1) is 10.8. The fraction of sp³-hybridized carbons (Fsp3) is 0.111.